The second-order valence-electron chi connectivity index (χ2n) is 6.46. The first-order chi connectivity index (χ1) is 11.3. The molecule has 4 N–H and O–H groups in total. The minimum atomic E-state index is -1.16. The molecule has 130 valence electrons. The van der Waals surface area contributed by atoms with Crippen molar-refractivity contribution in [1.82, 2.24) is 15.5 Å². The molecule has 0 saturated carbocycles. The van der Waals surface area contributed by atoms with Crippen LogP contribution in [0.3, 0.4) is 0 Å². The molecule has 0 spiro atoms. The van der Waals surface area contributed by atoms with E-state index in [1.54, 1.807) is 19.1 Å². The number of amides is 4. The van der Waals surface area contributed by atoms with Crippen molar-refractivity contribution >= 4 is 17.8 Å². The number of hydrogen-bond donors (Lipinski definition) is 3. The van der Waals surface area contributed by atoms with Gasteiger partial charge in [-0.15, -0.1) is 0 Å². The molecule has 2 atom stereocenters. The van der Waals surface area contributed by atoms with E-state index < -0.39 is 17.5 Å². The van der Waals surface area contributed by atoms with Crippen LogP contribution in [0.1, 0.15) is 25.0 Å². The first kappa shape index (κ1) is 17.9. The number of carbonyl (C=O) groups excluding carboxylic acids is 3. The zero-order valence-corrected chi connectivity index (χ0v) is 14.3. The molecule has 1 aliphatic rings. The van der Waals surface area contributed by atoms with Gasteiger partial charge >= 0.3 is 6.03 Å². The number of nitrogens with one attached hydrogen (secondary N) is 2. The molecule has 24 heavy (non-hydrogen) atoms. The highest BCUT2D eigenvalue weighted by Crippen LogP contribution is 2.28. The summed E-state index contributed by atoms with van der Waals surface area (Å²) < 4.78 is 0. The Morgan fingerprint density at radius 1 is 1.33 bits per heavy atom. The molecule has 1 aromatic carbocycles. The van der Waals surface area contributed by atoms with E-state index in [0.29, 0.717) is 18.7 Å². The predicted octanol–water partition coefficient (Wildman–Crippen LogP) is 0.473. The molecule has 1 fully saturated rings. The molecule has 1 heterocycles. The Labute approximate surface area is 141 Å². The minimum Gasteiger partial charge on any atom is -0.354 e. The highest BCUT2D eigenvalue weighted by atomic mass is 16.2. The molecule has 2 unspecified atom stereocenters. The van der Waals surface area contributed by atoms with Gasteiger partial charge < -0.3 is 16.4 Å². The summed E-state index contributed by atoms with van der Waals surface area (Å²) in [6.07, 6.45) is 0. The Morgan fingerprint density at radius 3 is 2.54 bits per heavy atom. The molecule has 4 amide bonds. The monoisotopic (exact) mass is 332 g/mol. The summed E-state index contributed by atoms with van der Waals surface area (Å²) in [4.78, 5) is 37.8. The molecule has 1 saturated heterocycles. The lowest BCUT2D eigenvalue weighted by Gasteiger charge is -2.22. The van der Waals surface area contributed by atoms with Gasteiger partial charge in [-0.1, -0.05) is 36.8 Å². The summed E-state index contributed by atoms with van der Waals surface area (Å²) in [6, 6.07) is 6.80. The Hall–Kier alpha value is -2.41. The summed E-state index contributed by atoms with van der Waals surface area (Å²) >= 11 is 0. The minimum absolute atomic E-state index is 0.134. The third-order valence-electron chi connectivity index (χ3n) is 4.26. The molecular formula is C17H24N4O3. The summed E-state index contributed by atoms with van der Waals surface area (Å²) in [5.41, 5.74) is 6.09. The van der Waals surface area contributed by atoms with Crippen molar-refractivity contribution in [3.05, 3.63) is 35.4 Å². The van der Waals surface area contributed by atoms with Gasteiger partial charge in [0.15, 0.2) is 0 Å². The molecule has 7 heteroatoms. The van der Waals surface area contributed by atoms with E-state index in [4.69, 9.17) is 5.73 Å². The lowest BCUT2D eigenvalue weighted by molar-refractivity contribution is -0.134. The number of imide groups is 1. The maximum Gasteiger partial charge on any atom is 0.325 e. The zero-order chi connectivity index (χ0) is 17.9. The van der Waals surface area contributed by atoms with Crippen molar-refractivity contribution in [2.75, 3.05) is 19.6 Å². The van der Waals surface area contributed by atoms with Crippen LogP contribution in [-0.2, 0) is 15.1 Å². The van der Waals surface area contributed by atoms with Crippen LogP contribution in [0.4, 0.5) is 4.79 Å². The lowest BCUT2D eigenvalue weighted by atomic mass is 9.91. The number of nitrogens with zero attached hydrogens (tertiary/aromatic N) is 1. The van der Waals surface area contributed by atoms with E-state index >= 15 is 0 Å². The highest BCUT2D eigenvalue weighted by Gasteiger charge is 2.49. The molecule has 0 radical (unpaired) electrons. The van der Waals surface area contributed by atoms with Crippen LogP contribution in [-0.4, -0.2) is 42.4 Å². The summed E-state index contributed by atoms with van der Waals surface area (Å²) in [5.74, 6) is -0.680. The van der Waals surface area contributed by atoms with Crippen LogP contribution < -0.4 is 16.4 Å². The fraction of sp³-hybridized carbons (Fsp3) is 0.471. The van der Waals surface area contributed by atoms with Gasteiger partial charge in [0.05, 0.1) is 0 Å². The van der Waals surface area contributed by atoms with Gasteiger partial charge in [-0.3, -0.25) is 14.5 Å². The number of aryl methyl sites for hydroxylation is 1. The van der Waals surface area contributed by atoms with E-state index in [1.165, 1.54) is 0 Å². The third-order valence-corrected chi connectivity index (χ3v) is 4.26. The Morgan fingerprint density at radius 2 is 1.96 bits per heavy atom. The predicted molar refractivity (Wildman–Crippen MR) is 90.0 cm³/mol. The van der Waals surface area contributed by atoms with Gasteiger partial charge in [-0.05, 0) is 31.9 Å². The van der Waals surface area contributed by atoms with Crippen LogP contribution in [0.5, 0.6) is 0 Å². The number of carbonyl (C=O) groups is 3. The van der Waals surface area contributed by atoms with Crippen LogP contribution in [0.15, 0.2) is 24.3 Å². The van der Waals surface area contributed by atoms with Crippen molar-refractivity contribution < 1.29 is 14.4 Å². The average molecular weight is 332 g/mol. The van der Waals surface area contributed by atoms with Crippen molar-refractivity contribution in [2.24, 2.45) is 11.7 Å². The molecule has 0 aromatic heterocycles. The number of benzene rings is 1. The highest BCUT2D eigenvalue weighted by molar-refractivity contribution is 6.09. The van der Waals surface area contributed by atoms with E-state index in [9.17, 15) is 14.4 Å². The van der Waals surface area contributed by atoms with Crippen LogP contribution >= 0.6 is 0 Å². The van der Waals surface area contributed by atoms with E-state index in [-0.39, 0.29) is 18.4 Å². The lowest BCUT2D eigenvalue weighted by Crippen LogP contribution is -2.44. The number of nitrogens with two attached hydrogens (primary N) is 1. The van der Waals surface area contributed by atoms with Gasteiger partial charge in [-0.2, -0.15) is 0 Å². The quantitative estimate of drug-likeness (QED) is 0.659. The molecule has 7 nitrogen and oxygen atoms in total. The first-order valence-electron chi connectivity index (χ1n) is 7.96. The zero-order valence-electron chi connectivity index (χ0n) is 14.3. The van der Waals surface area contributed by atoms with Crippen molar-refractivity contribution in [2.45, 2.75) is 26.3 Å². The normalized spacial score (nSPS) is 21.6. The topological polar surface area (TPSA) is 105 Å². The number of rotatable bonds is 6. The van der Waals surface area contributed by atoms with Crippen molar-refractivity contribution in [3.63, 3.8) is 0 Å². The third kappa shape index (κ3) is 3.56. The van der Waals surface area contributed by atoms with E-state index in [2.05, 4.69) is 10.6 Å². The van der Waals surface area contributed by atoms with Crippen LogP contribution in [0.2, 0.25) is 0 Å². The summed E-state index contributed by atoms with van der Waals surface area (Å²) in [7, 11) is 0. The standard InChI is InChI=1S/C17H24N4O3/c1-11-4-6-13(7-5-11)17(3)15(23)21(16(24)20-17)10-14(22)19-9-12(2)8-18/h4-7,12H,8-10,18H2,1-3H3,(H,19,22)(H,20,24). The largest absolute Gasteiger partial charge is 0.354 e. The summed E-state index contributed by atoms with van der Waals surface area (Å²) in [6.45, 7) is 6.06. The van der Waals surface area contributed by atoms with Gasteiger partial charge in [0.2, 0.25) is 5.91 Å². The molecular weight excluding hydrogens is 308 g/mol. The second-order valence-corrected chi connectivity index (χ2v) is 6.46. The van der Waals surface area contributed by atoms with Gasteiger partial charge in [0, 0.05) is 6.54 Å². The molecule has 1 aliphatic heterocycles. The fourth-order valence-corrected chi connectivity index (χ4v) is 2.49. The molecule has 1 aromatic rings. The summed E-state index contributed by atoms with van der Waals surface area (Å²) in [5, 5.41) is 5.37. The molecule has 2 rings (SSSR count). The van der Waals surface area contributed by atoms with E-state index in [0.717, 1.165) is 10.5 Å². The maximum absolute atomic E-state index is 12.7. The van der Waals surface area contributed by atoms with Crippen LogP contribution in [0.25, 0.3) is 0 Å². The van der Waals surface area contributed by atoms with E-state index in [1.807, 2.05) is 26.0 Å². The Balaban J connectivity index is 2.08. The second kappa shape index (κ2) is 7.00. The fourth-order valence-electron chi connectivity index (χ4n) is 2.49. The SMILES string of the molecule is Cc1ccc(C2(C)NC(=O)N(CC(=O)NCC(C)CN)C2=O)cc1. The van der Waals surface area contributed by atoms with Gasteiger partial charge in [0.25, 0.3) is 5.91 Å². The average Bonchev–Trinajstić information content (AvgIpc) is 2.77. The first-order valence-corrected chi connectivity index (χ1v) is 7.96. The maximum atomic E-state index is 12.7. The Kier molecular flexibility index (Phi) is 5.23. The van der Waals surface area contributed by atoms with Crippen molar-refractivity contribution in [1.29, 1.82) is 0 Å². The van der Waals surface area contributed by atoms with Crippen LogP contribution in [0, 0.1) is 12.8 Å². The van der Waals surface area contributed by atoms with Gasteiger partial charge in [0.1, 0.15) is 12.1 Å². The Bertz CT molecular complexity index is 644. The molecule has 0 aliphatic carbocycles. The van der Waals surface area contributed by atoms with Crippen molar-refractivity contribution in [3.8, 4) is 0 Å². The van der Waals surface area contributed by atoms with Gasteiger partial charge in [-0.25, -0.2) is 4.79 Å². The number of urea groups is 1. The molecule has 0 bridgehead atoms. The number of hydrogen-bond acceptors (Lipinski definition) is 4. The smallest absolute Gasteiger partial charge is 0.325 e.